The maximum absolute atomic E-state index is 9.34. The van der Waals surface area contributed by atoms with E-state index in [1.807, 2.05) is 28.8 Å². The average Bonchev–Trinajstić information content (AvgIpc) is 3.08. The molecule has 2 aromatic heterocycles. The van der Waals surface area contributed by atoms with Gasteiger partial charge in [-0.05, 0) is 28.0 Å². The molecular weight excluding hydrogens is 462 g/mol. The van der Waals surface area contributed by atoms with E-state index in [9.17, 15) is 5.11 Å². The Morgan fingerprint density at radius 1 is 1.20 bits per heavy atom. The fourth-order valence-corrected chi connectivity index (χ4v) is 4.49. The summed E-state index contributed by atoms with van der Waals surface area (Å²) in [4.78, 5) is 4.68. The lowest BCUT2D eigenvalue weighted by atomic mass is 10.0. The lowest BCUT2D eigenvalue weighted by Gasteiger charge is -2.15. The first-order chi connectivity index (χ1) is 14.4. The van der Waals surface area contributed by atoms with Crippen molar-refractivity contribution in [3.05, 3.63) is 41.1 Å². The molecule has 2 heterocycles. The van der Waals surface area contributed by atoms with Crippen LogP contribution in [0.4, 0.5) is 5.69 Å². The monoisotopic (exact) mass is 491 g/mol. The SMILES string of the molecule is COc1ccccc1-c1cn(COCC[Si](C)(C)C)c2ncc(Br)c(NCCO)c12. The van der Waals surface area contributed by atoms with Crippen molar-refractivity contribution in [2.75, 3.05) is 32.2 Å². The number of nitrogens with one attached hydrogen (secondary N) is 1. The van der Waals surface area contributed by atoms with Gasteiger partial charge in [-0.25, -0.2) is 4.98 Å². The first-order valence-corrected chi connectivity index (χ1v) is 14.6. The Hall–Kier alpha value is -1.87. The molecule has 0 spiro atoms. The van der Waals surface area contributed by atoms with Gasteiger partial charge in [-0.2, -0.15) is 0 Å². The molecule has 0 radical (unpaired) electrons. The highest BCUT2D eigenvalue weighted by Gasteiger charge is 2.20. The third-order valence-corrected chi connectivity index (χ3v) is 7.18. The third kappa shape index (κ3) is 5.24. The van der Waals surface area contributed by atoms with Crippen molar-refractivity contribution < 1.29 is 14.6 Å². The molecule has 0 aliphatic rings. The van der Waals surface area contributed by atoms with Crippen molar-refractivity contribution in [3.63, 3.8) is 0 Å². The van der Waals surface area contributed by atoms with Gasteiger partial charge in [0.1, 0.15) is 18.1 Å². The zero-order chi connectivity index (χ0) is 21.7. The van der Waals surface area contributed by atoms with Crippen molar-refractivity contribution in [2.24, 2.45) is 0 Å². The molecule has 0 saturated heterocycles. The van der Waals surface area contributed by atoms with E-state index < -0.39 is 8.07 Å². The fraction of sp³-hybridized carbons (Fsp3) is 0.409. The van der Waals surface area contributed by atoms with Crippen LogP contribution in [0.15, 0.2) is 41.1 Å². The van der Waals surface area contributed by atoms with E-state index >= 15 is 0 Å². The minimum absolute atomic E-state index is 0.0424. The van der Waals surface area contributed by atoms with Crippen LogP contribution in [0.5, 0.6) is 5.75 Å². The molecular formula is C22H30BrN3O3Si. The smallest absolute Gasteiger partial charge is 0.144 e. The van der Waals surface area contributed by atoms with Gasteiger partial charge in [0.2, 0.25) is 0 Å². The Balaban J connectivity index is 2.08. The molecule has 0 amide bonds. The highest BCUT2D eigenvalue weighted by molar-refractivity contribution is 9.10. The van der Waals surface area contributed by atoms with Gasteiger partial charge in [-0.1, -0.05) is 37.8 Å². The highest BCUT2D eigenvalue weighted by Crippen LogP contribution is 2.41. The first-order valence-electron chi connectivity index (χ1n) is 10.1. The van der Waals surface area contributed by atoms with Gasteiger partial charge in [0, 0.05) is 44.7 Å². The second-order valence-corrected chi connectivity index (χ2v) is 14.9. The number of halogens is 1. The molecule has 0 aliphatic carbocycles. The molecule has 1 aromatic carbocycles. The van der Waals surface area contributed by atoms with Gasteiger partial charge in [0.15, 0.2) is 0 Å². The Morgan fingerprint density at radius 2 is 1.97 bits per heavy atom. The number of rotatable bonds is 10. The van der Waals surface area contributed by atoms with Gasteiger partial charge in [0.05, 0.1) is 29.3 Å². The minimum atomic E-state index is -1.15. The van der Waals surface area contributed by atoms with Gasteiger partial charge in [0.25, 0.3) is 0 Å². The van der Waals surface area contributed by atoms with Gasteiger partial charge in [-0.15, -0.1) is 0 Å². The predicted octanol–water partition coefficient (Wildman–Crippen LogP) is 5.19. The molecule has 0 bridgehead atoms. The van der Waals surface area contributed by atoms with Crippen LogP contribution in [0.2, 0.25) is 25.7 Å². The van der Waals surface area contributed by atoms with Crippen molar-refractivity contribution in [3.8, 4) is 16.9 Å². The topological polar surface area (TPSA) is 68.5 Å². The van der Waals surface area contributed by atoms with E-state index in [1.165, 1.54) is 0 Å². The zero-order valence-corrected chi connectivity index (χ0v) is 20.6. The molecule has 30 heavy (non-hydrogen) atoms. The average molecular weight is 492 g/mol. The van der Waals surface area contributed by atoms with Gasteiger partial charge in [-0.3, -0.25) is 0 Å². The molecule has 8 heteroatoms. The molecule has 0 fully saturated rings. The molecule has 0 unspecified atom stereocenters. The predicted molar refractivity (Wildman–Crippen MR) is 129 cm³/mol. The van der Waals surface area contributed by atoms with Crippen LogP contribution in [-0.4, -0.2) is 49.6 Å². The van der Waals surface area contributed by atoms with Gasteiger partial charge < -0.3 is 24.5 Å². The Kier molecular flexibility index (Phi) is 7.57. The highest BCUT2D eigenvalue weighted by atomic mass is 79.9. The molecule has 6 nitrogen and oxygen atoms in total. The number of fused-ring (bicyclic) bond motifs is 1. The van der Waals surface area contributed by atoms with E-state index in [2.05, 4.69) is 52.1 Å². The van der Waals surface area contributed by atoms with Crippen LogP contribution in [0, 0.1) is 0 Å². The first kappa shape index (κ1) is 22.8. The van der Waals surface area contributed by atoms with Crippen LogP contribution in [0.1, 0.15) is 0 Å². The van der Waals surface area contributed by atoms with Crippen molar-refractivity contribution >= 4 is 40.7 Å². The lowest BCUT2D eigenvalue weighted by Crippen LogP contribution is -2.22. The van der Waals surface area contributed by atoms with E-state index in [4.69, 9.17) is 9.47 Å². The third-order valence-electron chi connectivity index (χ3n) is 4.88. The second-order valence-electron chi connectivity index (χ2n) is 8.39. The zero-order valence-electron chi connectivity index (χ0n) is 18.0. The Morgan fingerprint density at radius 3 is 2.67 bits per heavy atom. The molecule has 0 aliphatic heterocycles. The largest absolute Gasteiger partial charge is 0.496 e. The van der Waals surface area contributed by atoms with Crippen LogP contribution in [-0.2, 0) is 11.5 Å². The number of aromatic nitrogens is 2. The van der Waals surface area contributed by atoms with Crippen LogP contribution in [0.25, 0.3) is 22.2 Å². The van der Waals surface area contributed by atoms with Crippen molar-refractivity contribution in [2.45, 2.75) is 32.4 Å². The number of anilines is 1. The molecule has 0 saturated carbocycles. The van der Waals surface area contributed by atoms with Crippen molar-refractivity contribution in [1.29, 1.82) is 0 Å². The van der Waals surface area contributed by atoms with E-state index in [1.54, 1.807) is 13.3 Å². The Labute approximate surface area is 187 Å². The molecule has 3 rings (SSSR count). The molecule has 2 N–H and O–H groups in total. The standard InChI is InChI=1S/C22H30BrN3O3Si/c1-28-19-8-6-5-7-16(19)17-14-26(15-29-11-12-30(2,3)4)22-20(17)21(24-9-10-27)18(23)13-25-22/h5-8,13-14,27H,9-12,15H2,1-4H3,(H,24,25). The molecule has 3 aromatic rings. The molecule has 162 valence electrons. The summed E-state index contributed by atoms with van der Waals surface area (Å²) >= 11 is 3.61. The van der Waals surface area contributed by atoms with Crippen LogP contribution >= 0.6 is 15.9 Å². The van der Waals surface area contributed by atoms with Crippen LogP contribution in [0.3, 0.4) is 0 Å². The summed E-state index contributed by atoms with van der Waals surface area (Å²) in [7, 11) is 0.531. The number of hydrogen-bond donors (Lipinski definition) is 2. The lowest BCUT2D eigenvalue weighted by molar-refractivity contribution is 0.0899. The number of benzene rings is 1. The summed E-state index contributed by atoms with van der Waals surface area (Å²) in [5.74, 6) is 0.796. The summed E-state index contributed by atoms with van der Waals surface area (Å²) < 4.78 is 14.5. The number of hydrogen-bond acceptors (Lipinski definition) is 5. The number of nitrogens with zero attached hydrogens (tertiary/aromatic N) is 2. The summed E-state index contributed by atoms with van der Waals surface area (Å²) in [5.41, 5.74) is 3.71. The van der Waals surface area contributed by atoms with E-state index in [0.29, 0.717) is 13.3 Å². The normalized spacial score (nSPS) is 11.8. The van der Waals surface area contributed by atoms with E-state index in [-0.39, 0.29) is 6.61 Å². The number of aliphatic hydroxyl groups excluding tert-OH is 1. The number of aliphatic hydroxyl groups is 1. The number of ether oxygens (including phenoxy) is 2. The summed E-state index contributed by atoms with van der Waals surface area (Å²) in [5, 5.41) is 13.6. The minimum Gasteiger partial charge on any atom is -0.496 e. The Bertz CT molecular complexity index is 1000. The maximum atomic E-state index is 9.34. The number of pyridine rings is 1. The second kappa shape index (κ2) is 9.96. The van der Waals surface area contributed by atoms with Gasteiger partial charge >= 0.3 is 0 Å². The summed E-state index contributed by atoms with van der Waals surface area (Å²) in [6.07, 6.45) is 3.85. The number of para-hydroxylation sites is 1. The number of methoxy groups -OCH3 is 1. The maximum Gasteiger partial charge on any atom is 0.144 e. The summed E-state index contributed by atoms with van der Waals surface area (Å²) in [6, 6.07) is 9.07. The quantitative estimate of drug-likeness (QED) is 0.301. The summed E-state index contributed by atoms with van der Waals surface area (Å²) in [6.45, 7) is 8.70. The fourth-order valence-electron chi connectivity index (χ4n) is 3.30. The van der Waals surface area contributed by atoms with E-state index in [0.717, 1.165) is 50.7 Å². The molecule has 0 atom stereocenters. The van der Waals surface area contributed by atoms with Crippen molar-refractivity contribution in [1.82, 2.24) is 9.55 Å². The van der Waals surface area contributed by atoms with Crippen LogP contribution < -0.4 is 10.1 Å².